The summed E-state index contributed by atoms with van der Waals surface area (Å²) < 4.78 is 7.63. The van der Waals surface area contributed by atoms with Crippen LogP contribution in [0.15, 0.2) is 5.51 Å². The molecule has 0 spiro atoms. The molecule has 0 aliphatic heterocycles. The number of hydrogen-bond donors (Lipinski definition) is 0. The minimum atomic E-state index is 0.667. The Balaban J connectivity index is 2.48. The number of rotatable bonds is 1. The van der Waals surface area contributed by atoms with E-state index in [2.05, 4.69) is 25.1 Å². The normalized spacial score (nSPS) is 10.0. The Labute approximate surface area is 64.9 Å². The van der Waals surface area contributed by atoms with Gasteiger partial charge in [-0.25, -0.2) is 4.98 Å². The minimum absolute atomic E-state index is 0.667. The fourth-order valence-electron chi connectivity index (χ4n) is 0.509. The first-order chi connectivity index (χ1) is 4.97. The van der Waals surface area contributed by atoms with Crippen LogP contribution in [-0.4, -0.2) is 18.9 Å². The molecule has 6 heteroatoms. The molecule has 0 aromatic carbocycles. The summed E-state index contributed by atoms with van der Waals surface area (Å²) in [5.74, 6) is 0.667. The molecule has 2 rings (SSSR count). The third-order valence-corrected chi connectivity index (χ3v) is 1.99. The van der Waals surface area contributed by atoms with Crippen molar-refractivity contribution in [2.45, 2.75) is 0 Å². The van der Waals surface area contributed by atoms with Crippen molar-refractivity contribution in [1.29, 1.82) is 0 Å². The van der Waals surface area contributed by atoms with E-state index in [-0.39, 0.29) is 0 Å². The summed E-state index contributed by atoms with van der Waals surface area (Å²) in [7, 11) is 0. The molecule has 1 radical (unpaired) electrons. The number of nitrogens with zero attached hydrogens (tertiary/aromatic N) is 4. The van der Waals surface area contributed by atoms with Crippen LogP contribution in [0.2, 0.25) is 0 Å². The first-order valence-corrected chi connectivity index (χ1v) is 4.04. The Kier molecular flexibility index (Phi) is 1.40. The summed E-state index contributed by atoms with van der Waals surface area (Å²) >= 11 is 2.55. The van der Waals surface area contributed by atoms with E-state index in [9.17, 15) is 0 Å². The van der Waals surface area contributed by atoms with E-state index in [0.29, 0.717) is 5.82 Å². The second-order valence-electron chi connectivity index (χ2n) is 1.47. The SMILES string of the molecule is [c]1nnsc1-c1ncsn1. The molecule has 0 fully saturated rings. The average Bonchev–Trinajstić information content (AvgIpc) is 2.59. The van der Waals surface area contributed by atoms with Gasteiger partial charge in [0.2, 0.25) is 0 Å². The van der Waals surface area contributed by atoms with E-state index in [1.807, 2.05) is 0 Å². The van der Waals surface area contributed by atoms with E-state index in [1.54, 1.807) is 5.51 Å². The maximum absolute atomic E-state index is 3.99. The van der Waals surface area contributed by atoms with Gasteiger partial charge in [0.1, 0.15) is 16.6 Å². The molecule has 0 bridgehead atoms. The summed E-state index contributed by atoms with van der Waals surface area (Å²) in [6.45, 7) is 0. The monoisotopic (exact) mass is 169 g/mol. The van der Waals surface area contributed by atoms with Gasteiger partial charge in [-0.15, -0.1) is 5.10 Å². The Morgan fingerprint density at radius 1 is 1.50 bits per heavy atom. The molecule has 2 heterocycles. The lowest BCUT2D eigenvalue weighted by molar-refractivity contribution is 1.14. The van der Waals surface area contributed by atoms with Crippen molar-refractivity contribution < 1.29 is 0 Å². The molecule has 2 aromatic heterocycles. The largest absolute Gasteiger partial charge is 0.222 e. The molecule has 2 aromatic rings. The maximum atomic E-state index is 3.99. The van der Waals surface area contributed by atoms with Crippen LogP contribution >= 0.6 is 23.1 Å². The van der Waals surface area contributed by atoms with Gasteiger partial charge < -0.3 is 0 Å². The van der Waals surface area contributed by atoms with Gasteiger partial charge in [0.25, 0.3) is 0 Å². The highest BCUT2D eigenvalue weighted by Crippen LogP contribution is 2.16. The fraction of sp³-hybridized carbons (Fsp3) is 0. The Hall–Kier alpha value is -0.880. The lowest BCUT2D eigenvalue weighted by atomic mass is 10.5. The van der Waals surface area contributed by atoms with Gasteiger partial charge in [-0.3, -0.25) is 0 Å². The smallest absolute Gasteiger partial charge is 0.186 e. The first kappa shape index (κ1) is 5.87. The van der Waals surface area contributed by atoms with E-state index >= 15 is 0 Å². The van der Waals surface area contributed by atoms with Gasteiger partial charge in [-0.2, -0.15) is 4.37 Å². The summed E-state index contributed by atoms with van der Waals surface area (Å²) in [5, 5.41) is 3.55. The summed E-state index contributed by atoms with van der Waals surface area (Å²) in [4.78, 5) is 4.76. The second kappa shape index (κ2) is 2.39. The number of hydrogen-bond acceptors (Lipinski definition) is 6. The van der Waals surface area contributed by atoms with Crippen LogP contribution in [0.3, 0.4) is 0 Å². The number of aromatic nitrogens is 4. The lowest BCUT2D eigenvalue weighted by Crippen LogP contribution is -1.71. The van der Waals surface area contributed by atoms with E-state index in [0.717, 1.165) is 4.88 Å². The molecule has 0 N–H and O–H groups in total. The van der Waals surface area contributed by atoms with Crippen LogP contribution in [0.25, 0.3) is 10.7 Å². The van der Waals surface area contributed by atoms with Gasteiger partial charge in [0, 0.05) is 0 Å². The van der Waals surface area contributed by atoms with Crippen molar-refractivity contribution in [1.82, 2.24) is 18.9 Å². The Bertz CT molecular complexity index is 255. The third-order valence-electron chi connectivity index (χ3n) is 0.889. The molecule has 0 saturated heterocycles. The van der Waals surface area contributed by atoms with Gasteiger partial charge in [-0.05, 0) is 23.1 Å². The minimum Gasteiger partial charge on any atom is -0.222 e. The summed E-state index contributed by atoms with van der Waals surface area (Å²) in [6.07, 6.45) is 2.68. The maximum Gasteiger partial charge on any atom is 0.186 e. The molecule has 0 saturated carbocycles. The highest BCUT2D eigenvalue weighted by atomic mass is 32.1. The van der Waals surface area contributed by atoms with Crippen molar-refractivity contribution in [2.24, 2.45) is 0 Å². The molecule has 0 aliphatic carbocycles. The predicted octanol–water partition coefficient (Wildman–Crippen LogP) is 0.857. The van der Waals surface area contributed by atoms with Crippen molar-refractivity contribution in [3.8, 4) is 10.7 Å². The molecular formula is C4HN4S2. The highest BCUT2D eigenvalue weighted by molar-refractivity contribution is 7.09. The molecule has 0 aliphatic rings. The average molecular weight is 169 g/mol. The molecule has 49 valence electrons. The van der Waals surface area contributed by atoms with Crippen LogP contribution < -0.4 is 0 Å². The first-order valence-electron chi connectivity index (χ1n) is 2.43. The molecule has 0 atom stereocenters. The molecule has 0 unspecified atom stereocenters. The Morgan fingerprint density at radius 2 is 2.50 bits per heavy atom. The lowest BCUT2D eigenvalue weighted by Gasteiger charge is -1.77. The van der Waals surface area contributed by atoms with Gasteiger partial charge >= 0.3 is 0 Å². The van der Waals surface area contributed by atoms with Crippen LogP contribution in [0, 0.1) is 6.20 Å². The zero-order valence-electron chi connectivity index (χ0n) is 4.68. The standard InChI is InChI=1S/C4HN4S2/c1-3(10-8-6-1)4-5-2-9-7-4/h2H. The third kappa shape index (κ3) is 0.910. The fourth-order valence-corrected chi connectivity index (χ4v) is 1.42. The van der Waals surface area contributed by atoms with Gasteiger partial charge in [0.05, 0.1) is 0 Å². The van der Waals surface area contributed by atoms with E-state index < -0.39 is 0 Å². The van der Waals surface area contributed by atoms with Crippen molar-refractivity contribution in [3.63, 3.8) is 0 Å². The van der Waals surface area contributed by atoms with Crippen LogP contribution in [0.5, 0.6) is 0 Å². The van der Waals surface area contributed by atoms with Crippen LogP contribution in [0.1, 0.15) is 0 Å². The molecule has 10 heavy (non-hydrogen) atoms. The summed E-state index contributed by atoms with van der Waals surface area (Å²) in [6, 6.07) is 0. The van der Waals surface area contributed by atoms with Crippen molar-refractivity contribution >= 4 is 23.1 Å². The van der Waals surface area contributed by atoms with E-state index in [1.165, 1.54) is 23.1 Å². The van der Waals surface area contributed by atoms with Gasteiger partial charge in [-0.1, -0.05) is 4.49 Å². The molecule has 4 nitrogen and oxygen atoms in total. The second-order valence-corrected chi connectivity index (χ2v) is 2.83. The highest BCUT2D eigenvalue weighted by Gasteiger charge is 2.03. The quantitative estimate of drug-likeness (QED) is 0.635. The zero-order chi connectivity index (χ0) is 6.81. The topological polar surface area (TPSA) is 51.6 Å². The van der Waals surface area contributed by atoms with E-state index in [4.69, 9.17) is 0 Å². The van der Waals surface area contributed by atoms with Crippen molar-refractivity contribution in [2.75, 3.05) is 0 Å². The molecular weight excluding hydrogens is 168 g/mol. The Morgan fingerprint density at radius 3 is 3.10 bits per heavy atom. The molecule has 0 amide bonds. The van der Waals surface area contributed by atoms with Crippen LogP contribution in [-0.2, 0) is 0 Å². The zero-order valence-corrected chi connectivity index (χ0v) is 6.32. The van der Waals surface area contributed by atoms with Crippen molar-refractivity contribution in [3.05, 3.63) is 11.7 Å². The van der Waals surface area contributed by atoms with Gasteiger partial charge in [0.15, 0.2) is 5.82 Å². The predicted molar refractivity (Wildman–Crippen MR) is 37.6 cm³/mol. The summed E-state index contributed by atoms with van der Waals surface area (Å²) in [5.41, 5.74) is 1.67. The van der Waals surface area contributed by atoms with Crippen LogP contribution in [0.4, 0.5) is 0 Å².